The third-order valence-electron chi connectivity index (χ3n) is 3.18. The number of halogens is 3. The van der Waals surface area contributed by atoms with Crippen molar-refractivity contribution in [3.05, 3.63) is 59.4 Å². The first kappa shape index (κ1) is 15.4. The van der Waals surface area contributed by atoms with E-state index in [0.717, 1.165) is 12.1 Å². The van der Waals surface area contributed by atoms with Crippen LogP contribution in [-0.2, 0) is 12.7 Å². The fraction of sp³-hybridized carbons (Fsp3) is 0.312. The molecule has 0 spiro atoms. The molecule has 0 N–H and O–H groups in total. The fourth-order valence-corrected chi connectivity index (χ4v) is 2.08. The third-order valence-corrected chi connectivity index (χ3v) is 3.18. The zero-order valence-electron chi connectivity index (χ0n) is 11.8. The Balaban J connectivity index is 2.18. The number of nitrogens with zero attached hydrogens (tertiary/aromatic N) is 1. The number of hydrogen-bond acceptors (Lipinski definition) is 1. The van der Waals surface area contributed by atoms with E-state index in [9.17, 15) is 18.0 Å². The van der Waals surface area contributed by atoms with Crippen molar-refractivity contribution in [2.75, 3.05) is 0 Å². The number of benzene rings is 1. The second-order valence-corrected chi connectivity index (χ2v) is 5.29. The van der Waals surface area contributed by atoms with Crippen molar-refractivity contribution in [1.29, 1.82) is 0 Å². The number of carbonyl (C=O) groups excluding carboxylic acids is 1. The normalized spacial score (nSPS) is 11.9. The summed E-state index contributed by atoms with van der Waals surface area (Å²) in [7, 11) is 0. The number of carbonyl (C=O) groups is 1. The molecule has 0 bridgehead atoms. The van der Waals surface area contributed by atoms with Crippen molar-refractivity contribution in [2.45, 2.75) is 26.6 Å². The molecule has 0 aliphatic heterocycles. The summed E-state index contributed by atoms with van der Waals surface area (Å²) in [6.45, 7) is 3.92. The van der Waals surface area contributed by atoms with Gasteiger partial charge in [-0.25, -0.2) is 0 Å². The Labute approximate surface area is 121 Å². The number of Topliss-reactive ketones (excluding diaryl/α,β-unsaturated/α-hetero) is 1. The number of alkyl halides is 3. The van der Waals surface area contributed by atoms with Crippen LogP contribution in [0.1, 0.15) is 35.3 Å². The molecule has 1 aromatic carbocycles. The lowest BCUT2D eigenvalue weighted by Gasteiger charge is -2.09. The van der Waals surface area contributed by atoms with Crippen molar-refractivity contribution in [2.24, 2.45) is 5.92 Å². The predicted molar refractivity (Wildman–Crippen MR) is 74.1 cm³/mol. The van der Waals surface area contributed by atoms with Crippen LogP contribution in [0, 0.1) is 5.92 Å². The van der Waals surface area contributed by atoms with E-state index in [1.165, 1.54) is 6.07 Å². The highest BCUT2D eigenvalue weighted by molar-refractivity contribution is 5.97. The largest absolute Gasteiger partial charge is 0.416 e. The van der Waals surface area contributed by atoms with Crippen LogP contribution in [0.15, 0.2) is 42.7 Å². The smallest absolute Gasteiger partial charge is 0.349 e. The zero-order valence-corrected chi connectivity index (χ0v) is 11.8. The van der Waals surface area contributed by atoms with Gasteiger partial charge in [0.1, 0.15) is 0 Å². The topological polar surface area (TPSA) is 22.0 Å². The minimum atomic E-state index is -4.34. The van der Waals surface area contributed by atoms with Gasteiger partial charge in [0.25, 0.3) is 0 Å². The molecule has 0 radical (unpaired) electrons. The molecule has 0 unspecified atom stereocenters. The second-order valence-electron chi connectivity index (χ2n) is 5.29. The quantitative estimate of drug-likeness (QED) is 0.767. The van der Waals surface area contributed by atoms with Gasteiger partial charge in [-0.3, -0.25) is 4.79 Å². The van der Waals surface area contributed by atoms with Gasteiger partial charge in [-0.15, -0.1) is 0 Å². The van der Waals surface area contributed by atoms with E-state index in [-0.39, 0.29) is 11.7 Å². The summed E-state index contributed by atoms with van der Waals surface area (Å²) in [6.07, 6.45) is -0.968. The lowest BCUT2D eigenvalue weighted by molar-refractivity contribution is -0.137. The molecule has 1 heterocycles. The molecule has 2 nitrogen and oxygen atoms in total. The zero-order chi connectivity index (χ0) is 15.6. The standard InChI is InChI=1S/C16H16F3NO/c1-11(2)15(21)13-6-7-20(10-13)9-12-4-3-5-14(8-12)16(17,18)19/h3-8,10-11H,9H2,1-2H3. The highest BCUT2D eigenvalue weighted by Gasteiger charge is 2.30. The summed E-state index contributed by atoms with van der Waals surface area (Å²) < 4.78 is 39.7. The highest BCUT2D eigenvalue weighted by Crippen LogP contribution is 2.29. The summed E-state index contributed by atoms with van der Waals surface area (Å²) in [4.78, 5) is 11.8. The molecule has 2 aromatic rings. The van der Waals surface area contributed by atoms with Crippen LogP contribution in [-0.4, -0.2) is 10.4 Å². The minimum Gasteiger partial charge on any atom is -0.349 e. The molecule has 0 saturated carbocycles. The van der Waals surface area contributed by atoms with Crippen LogP contribution in [0.5, 0.6) is 0 Å². The predicted octanol–water partition coefficient (Wildman–Crippen LogP) is 4.39. The van der Waals surface area contributed by atoms with E-state index in [1.807, 2.05) is 13.8 Å². The maximum atomic E-state index is 12.7. The molecule has 2 rings (SSSR count). The van der Waals surface area contributed by atoms with Crippen molar-refractivity contribution >= 4 is 5.78 Å². The molecule has 5 heteroatoms. The van der Waals surface area contributed by atoms with Crippen LogP contribution in [0.4, 0.5) is 13.2 Å². The van der Waals surface area contributed by atoms with Crippen molar-refractivity contribution in [3.8, 4) is 0 Å². The molecular formula is C16H16F3NO. The Morgan fingerprint density at radius 1 is 1.24 bits per heavy atom. The summed E-state index contributed by atoms with van der Waals surface area (Å²) in [5.74, 6) is -0.0767. The van der Waals surface area contributed by atoms with E-state index in [1.54, 1.807) is 29.1 Å². The molecule has 112 valence electrons. The monoisotopic (exact) mass is 295 g/mol. The van der Waals surface area contributed by atoms with Crippen molar-refractivity contribution in [1.82, 2.24) is 4.57 Å². The minimum absolute atomic E-state index is 0.0257. The van der Waals surface area contributed by atoms with E-state index < -0.39 is 11.7 Å². The number of aromatic nitrogens is 1. The van der Waals surface area contributed by atoms with Gasteiger partial charge in [-0.1, -0.05) is 26.0 Å². The SMILES string of the molecule is CC(C)C(=O)c1ccn(Cc2cccc(C(F)(F)F)c2)c1. The Bertz CT molecular complexity index is 641. The average Bonchev–Trinajstić information content (AvgIpc) is 2.85. The first-order chi connectivity index (χ1) is 9.77. The van der Waals surface area contributed by atoms with Gasteiger partial charge in [0.15, 0.2) is 5.78 Å². The van der Waals surface area contributed by atoms with Crippen molar-refractivity contribution < 1.29 is 18.0 Å². The van der Waals surface area contributed by atoms with Gasteiger partial charge < -0.3 is 4.57 Å². The molecule has 1 aromatic heterocycles. The Morgan fingerprint density at radius 3 is 2.57 bits per heavy atom. The van der Waals surface area contributed by atoms with Gasteiger partial charge in [-0.05, 0) is 23.8 Å². The first-order valence-corrected chi connectivity index (χ1v) is 6.63. The Kier molecular flexibility index (Phi) is 4.21. The maximum Gasteiger partial charge on any atom is 0.416 e. The Morgan fingerprint density at radius 2 is 1.95 bits per heavy atom. The number of ketones is 1. The van der Waals surface area contributed by atoms with Gasteiger partial charge in [0, 0.05) is 30.4 Å². The molecule has 0 fully saturated rings. The molecule has 0 amide bonds. The van der Waals surface area contributed by atoms with Gasteiger partial charge >= 0.3 is 6.18 Å². The molecule has 21 heavy (non-hydrogen) atoms. The van der Waals surface area contributed by atoms with Crippen LogP contribution in [0.2, 0.25) is 0 Å². The van der Waals surface area contributed by atoms with Gasteiger partial charge in [-0.2, -0.15) is 13.2 Å². The first-order valence-electron chi connectivity index (χ1n) is 6.63. The molecule has 0 aliphatic carbocycles. The molecule has 0 atom stereocenters. The molecular weight excluding hydrogens is 279 g/mol. The fourth-order valence-electron chi connectivity index (χ4n) is 2.08. The summed E-state index contributed by atoms with van der Waals surface area (Å²) in [5.41, 5.74) is 0.464. The third kappa shape index (κ3) is 3.74. The van der Waals surface area contributed by atoms with Crippen LogP contribution in [0.3, 0.4) is 0 Å². The lowest BCUT2D eigenvalue weighted by atomic mass is 10.0. The number of rotatable bonds is 4. The van der Waals surface area contributed by atoms with E-state index in [0.29, 0.717) is 17.7 Å². The highest BCUT2D eigenvalue weighted by atomic mass is 19.4. The van der Waals surface area contributed by atoms with Gasteiger partial charge in [0.2, 0.25) is 0 Å². The Hall–Kier alpha value is -2.04. The van der Waals surface area contributed by atoms with E-state index in [4.69, 9.17) is 0 Å². The van der Waals surface area contributed by atoms with Crippen LogP contribution < -0.4 is 0 Å². The van der Waals surface area contributed by atoms with Crippen molar-refractivity contribution in [3.63, 3.8) is 0 Å². The molecule has 0 aliphatic rings. The summed E-state index contributed by atoms with van der Waals surface area (Å²) in [5, 5.41) is 0. The van der Waals surface area contributed by atoms with E-state index >= 15 is 0 Å². The number of hydrogen-bond donors (Lipinski definition) is 0. The second kappa shape index (κ2) is 5.76. The summed E-state index contributed by atoms with van der Waals surface area (Å²) in [6, 6.07) is 6.90. The summed E-state index contributed by atoms with van der Waals surface area (Å²) >= 11 is 0. The maximum absolute atomic E-state index is 12.7. The molecule has 0 saturated heterocycles. The van der Waals surface area contributed by atoms with Gasteiger partial charge in [0.05, 0.1) is 5.56 Å². The van der Waals surface area contributed by atoms with Crippen LogP contribution >= 0.6 is 0 Å². The van der Waals surface area contributed by atoms with Crippen LogP contribution in [0.25, 0.3) is 0 Å². The lowest BCUT2D eigenvalue weighted by Crippen LogP contribution is -2.07. The van der Waals surface area contributed by atoms with E-state index in [2.05, 4.69) is 0 Å². The average molecular weight is 295 g/mol.